The van der Waals surface area contributed by atoms with Gasteiger partial charge in [0, 0.05) is 7.11 Å². The second kappa shape index (κ2) is 7.39. The minimum atomic E-state index is -0.581. The molecule has 102 valence electrons. The van der Waals surface area contributed by atoms with Crippen molar-refractivity contribution in [2.45, 2.75) is 51.9 Å². The van der Waals surface area contributed by atoms with Crippen molar-refractivity contribution in [2.24, 2.45) is 0 Å². The molecule has 1 aromatic carbocycles. The van der Waals surface area contributed by atoms with Gasteiger partial charge in [-0.2, -0.15) is 0 Å². The molecule has 3 nitrogen and oxygen atoms in total. The van der Waals surface area contributed by atoms with Gasteiger partial charge >= 0.3 is 0 Å². The Labute approximate surface area is 110 Å². The van der Waals surface area contributed by atoms with E-state index in [2.05, 4.69) is 6.92 Å². The highest BCUT2D eigenvalue weighted by atomic mass is 16.5. The van der Waals surface area contributed by atoms with E-state index in [0.29, 0.717) is 0 Å². The van der Waals surface area contributed by atoms with Crippen molar-refractivity contribution in [2.75, 3.05) is 7.11 Å². The summed E-state index contributed by atoms with van der Waals surface area (Å²) in [4.78, 5) is 0. The first-order chi connectivity index (χ1) is 8.58. The summed E-state index contributed by atoms with van der Waals surface area (Å²) in [6.07, 6.45) is 1.27. The van der Waals surface area contributed by atoms with Crippen molar-refractivity contribution >= 4 is 0 Å². The fraction of sp³-hybridized carbons (Fsp3) is 0.600. The Balaban J connectivity index is 2.71. The average Bonchev–Trinajstić information content (AvgIpc) is 2.35. The molecule has 1 N–H and O–H groups in total. The number of benzene rings is 1. The molecule has 3 heteroatoms. The highest BCUT2D eigenvalue weighted by Gasteiger charge is 2.19. The van der Waals surface area contributed by atoms with Crippen LogP contribution in [0.4, 0.5) is 0 Å². The van der Waals surface area contributed by atoms with E-state index in [1.165, 1.54) is 0 Å². The lowest BCUT2D eigenvalue weighted by atomic mass is 10.0. The lowest BCUT2D eigenvalue weighted by Crippen LogP contribution is -2.20. The van der Waals surface area contributed by atoms with Crippen molar-refractivity contribution in [3.05, 3.63) is 29.8 Å². The summed E-state index contributed by atoms with van der Waals surface area (Å²) in [6, 6.07) is 7.56. The molecule has 0 aliphatic carbocycles. The maximum Gasteiger partial charge on any atom is 0.119 e. The topological polar surface area (TPSA) is 38.7 Å². The van der Waals surface area contributed by atoms with Gasteiger partial charge in [-0.1, -0.05) is 25.5 Å². The number of methoxy groups -OCH3 is 1. The predicted octanol–water partition coefficient (Wildman–Crippen LogP) is 3.32. The fourth-order valence-corrected chi connectivity index (χ4v) is 1.92. The van der Waals surface area contributed by atoms with Crippen LogP contribution in [0.1, 0.15) is 45.3 Å². The maximum absolute atomic E-state index is 10.2. The van der Waals surface area contributed by atoms with Gasteiger partial charge in [-0.25, -0.2) is 0 Å². The highest BCUT2D eigenvalue weighted by molar-refractivity contribution is 5.29. The summed E-state index contributed by atoms with van der Waals surface area (Å²) in [5.41, 5.74) is 0.867. The molecule has 0 heterocycles. The molecule has 0 radical (unpaired) electrons. The van der Waals surface area contributed by atoms with Crippen LogP contribution in [0.15, 0.2) is 24.3 Å². The molecular formula is C15H24O3. The Morgan fingerprint density at radius 2 is 1.78 bits per heavy atom. The Hall–Kier alpha value is -1.06. The van der Waals surface area contributed by atoms with Crippen LogP contribution in [-0.2, 0) is 4.74 Å². The molecule has 0 bridgehead atoms. The van der Waals surface area contributed by atoms with E-state index < -0.39 is 6.10 Å². The number of rotatable bonds is 7. The molecule has 0 aromatic heterocycles. The first-order valence-corrected chi connectivity index (χ1v) is 6.56. The normalized spacial score (nSPS) is 14.6. The van der Waals surface area contributed by atoms with E-state index in [1.54, 1.807) is 7.11 Å². The second-order valence-corrected chi connectivity index (χ2v) is 4.74. The first-order valence-electron chi connectivity index (χ1n) is 6.56. The SMILES string of the molecule is CCCC(OC)C(O)c1ccc(OC(C)C)cc1. The van der Waals surface area contributed by atoms with Crippen LogP contribution < -0.4 is 4.74 Å². The van der Waals surface area contributed by atoms with Crippen molar-refractivity contribution in [3.63, 3.8) is 0 Å². The molecule has 0 aliphatic rings. The Bertz CT molecular complexity index is 332. The molecule has 0 saturated carbocycles. The summed E-state index contributed by atoms with van der Waals surface area (Å²) in [5.74, 6) is 0.824. The minimum Gasteiger partial charge on any atom is -0.491 e. The molecule has 2 atom stereocenters. The third-order valence-corrected chi connectivity index (χ3v) is 2.82. The van der Waals surface area contributed by atoms with Gasteiger partial charge in [0.25, 0.3) is 0 Å². The molecule has 0 saturated heterocycles. The molecule has 1 rings (SSSR count). The number of aliphatic hydroxyl groups excluding tert-OH is 1. The number of hydrogen-bond acceptors (Lipinski definition) is 3. The zero-order valence-electron chi connectivity index (χ0n) is 11.7. The molecular weight excluding hydrogens is 228 g/mol. The molecule has 1 aromatic rings. The quantitative estimate of drug-likeness (QED) is 0.809. The summed E-state index contributed by atoms with van der Waals surface area (Å²) in [6.45, 7) is 6.06. The van der Waals surface area contributed by atoms with Crippen LogP contribution in [0, 0.1) is 0 Å². The largest absolute Gasteiger partial charge is 0.491 e. The van der Waals surface area contributed by atoms with Crippen molar-refractivity contribution < 1.29 is 14.6 Å². The third-order valence-electron chi connectivity index (χ3n) is 2.82. The van der Waals surface area contributed by atoms with Crippen LogP contribution in [0.2, 0.25) is 0 Å². The average molecular weight is 252 g/mol. The molecule has 18 heavy (non-hydrogen) atoms. The van der Waals surface area contributed by atoms with E-state index in [0.717, 1.165) is 24.2 Å². The van der Waals surface area contributed by atoms with Gasteiger partial charge in [0.05, 0.1) is 12.2 Å². The third kappa shape index (κ3) is 4.31. The van der Waals surface area contributed by atoms with Gasteiger partial charge in [-0.15, -0.1) is 0 Å². The summed E-state index contributed by atoms with van der Waals surface area (Å²) in [7, 11) is 1.64. The van der Waals surface area contributed by atoms with Crippen LogP contribution in [0.5, 0.6) is 5.75 Å². The van der Waals surface area contributed by atoms with Gasteiger partial charge in [-0.3, -0.25) is 0 Å². The van der Waals surface area contributed by atoms with E-state index in [-0.39, 0.29) is 12.2 Å². The zero-order chi connectivity index (χ0) is 13.5. The van der Waals surface area contributed by atoms with Gasteiger partial charge in [0.15, 0.2) is 0 Å². The Morgan fingerprint density at radius 3 is 2.22 bits per heavy atom. The van der Waals surface area contributed by atoms with E-state index >= 15 is 0 Å². The molecule has 0 fully saturated rings. The van der Waals surface area contributed by atoms with Crippen molar-refractivity contribution in [1.82, 2.24) is 0 Å². The molecule has 2 unspecified atom stereocenters. The molecule has 0 spiro atoms. The monoisotopic (exact) mass is 252 g/mol. The van der Waals surface area contributed by atoms with Crippen molar-refractivity contribution in [3.8, 4) is 5.75 Å². The Morgan fingerprint density at radius 1 is 1.17 bits per heavy atom. The maximum atomic E-state index is 10.2. The summed E-state index contributed by atoms with van der Waals surface area (Å²) in [5, 5.41) is 10.2. The van der Waals surface area contributed by atoms with Crippen molar-refractivity contribution in [1.29, 1.82) is 0 Å². The van der Waals surface area contributed by atoms with Gasteiger partial charge in [-0.05, 0) is 38.0 Å². The van der Waals surface area contributed by atoms with Gasteiger partial charge in [0.1, 0.15) is 11.9 Å². The second-order valence-electron chi connectivity index (χ2n) is 4.74. The standard InChI is InChI=1S/C15H24O3/c1-5-6-14(17-4)15(16)12-7-9-13(10-8-12)18-11(2)3/h7-11,14-16H,5-6H2,1-4H3. The van der Waals surface area contributed by atoms with Crippen LogP contribution in [0.25, 0.3) is 0 Å². The van der Waals surface area contributed by atoms with Gasteiger partial charge < -0.3 is 14.6 Å². The van der Waals surface area contributed by atoms with E-state index in [9.17, 15) is 5.11 Å². The lowest BCUT2D eigenvalue weighted by molar-refractivity contribution is -0.0180. The lowest BCUT2D eigenvalue weighted by Gasteiger charge is -2.21. The zero-order valence-corrected chi connectivity index (χ0v) is 11.7. The molecule has 0 amide bonds. The first kappa shape index (κ1) is 15.0. The fourth-order valence-electron chi connectivity index (χ4n) is 1.92. The van der Waals surface area contributed by atoms with E-state index in [4.69, 9.17) is 9.47 Å². The molecule has 0 aliphatic heterocycles. The van der Waals surface area contributed by atoms with Crippen LogP contribution in [0.3, 0.4) is 0 Å². The minimum absolute atomic E-state index is 0.146. The predicted molar refractivity (Wildman–Crippen MR) is 72.9 cm³/mol. The van der Waals surface area contributed by atoms with Crippen LogP contribution in [-0.4, -0.2) is 24.4 Å². The van der Waals surface area contributed by atoms with Gasteiger partial charge in [0.2, 0.25) is 0 Å². The smallest absolute Gasteiger partial charge is 0.119 e. The number of hydrogen-bond donors (Lipinski definition) is 1. The Kier molecular flexibility index (Phi) is 6.16. The number of ether oxygens (including phenoxy) is 2. The summed E-state index contributed by atoms with van der Waals surface area (Å²) < 4.78 is 10.9. The number of aliphatic hydroxyl groups is 1. The van der Waals surface area contributed by atoms with E-state index in [1.807, 2.05) is 38.1 Å². The van der Waals surface area contributed by atoms with Crippen LogP contribution >= 0.6 is 0 Å². The summed E-state index contributed by atoms with van der Waals surface area (Å²) >= 11 is 0. The highest BCUT2D eigenvalue weighted by Crippen LogP contribution is 2.24.